The van der Waals surface area contributed by atoms with Gasteiger partial charge in [0.25, 0.3) is 0 Å². The van der Waals surface area contributed by atoms with Gasteiger partial charge in [0.1, 0.15) is 0 Å². The van der Waals surface area contributed by atoms with Crippen LogP contribution in [0.3, 0.4) is 0 Å². The van der Waals surface area contributed by atoms with Crippen molar-refractivity contribution < 1.29 is 0 Å². The monoisotopic (exact) mass is 392 g/mol. The van der Waals surface area contributed by atoms with Crippen LogP contribution in [0.1, 0.15) is 51.9 Å². The van der Waals surface area contributed by atoms with Crippen molar-refractivity contribution in [1.29, 1.82) is 0 Å². The van der Waals surface area contributed by atoms with E-state index in [2.05, 4.69) is 53.2 Å². The lowest BCUT2D eigenvalue weighted by Crippen LogP contribution is -2.50. The highest BCUT2D eigenvalue weighted by atomic mass is 79.9. The minimum Gasteiger partial charge on any atom is -0.0925 e. The normalized spacial score (nSPS) is 35.1. The minimum absolute atomic E-state index is 0.965. The van der Waals surface area contributed by atoms with Crippen LogP contribution < -0.4 is 5.19 Å². The molecule has 1 saturated heterocycles. The molecule has 1 aliphatic heterocycles. The fourth-order valence-corrected chi connectivity index (χ4v) is 11.4. The van der Waals surface area contributed by atoms with Crippen molar-refractivity contribution in [3.8, 4) is 0 Å². The third kappa shape index (κ3) is 4.12. The Morgan fingerprint density at radius 2 is 1.52 bits per heavy atom. The maximum absolute atomic E-state index is 3.69. The second kappa shape index (κ2) is 8.34. The summed E-state index contributed by atoms with van der Waals surface area (Å²) in [6, 6.07) is 16.3. The summed E-state index contributed by atoms with van der Waals surface area (Å²) in [7, 11) is -1.19. The Morgan fingerprint density at radius 3 is 2.09 bits per heavy atom. The summed E-state index contributed by atoms with van der Waals surface area (Å²) in [6.45, 7) is 2.39. The van der Waals surface area contributed by atoms with E-state index in [1.54, 1.807) is 17.3 Å². The highest BCUT2D eigenvalue weighted by molar-refractivity contribution is 9.09. The Labute approximate surface area is 152 Å². The van der Waals surface area contributed by atoms with Crippen molar-refractivity contribution in [1.82, 2.24) is 0 Å². The summed E-state index contributed by atoms with van der Waals surface area (Å²) in [5, 5.41) is 2.98. The van der Waals surface area contributed by atoms with Gasteiger partial charge < -0.3 is 0 Å². The molecule has 0 atom stereocenters. The topological polar surface area (TPSA) is 0 Å². The van der Waals surface area contributed by atoms with Gasteiger partial charge in [-0.05, 0) is 43.4 Å². The van der Waals surface area contributed by atoms with E-state index >= 15 is 0 Å². The largest absolute Gasteiger partial charge is 0.0925 e. The molecule has 0 spiro atoms. The van der Waals surface area contributed by atoms with Gasteiger partial charge in [0.2, 0.25) is 0 Å². The molecule has 0 unspecified atom stereocenters. The van der Waals surface area contributed by atoms with Crippen LogP contribution >= 0.6 is 15.9 Å². The Balaban J connectivity index is 1.62. The Hall–Kier alpha value is -0.0831. The second-order valence-electron chi connectivity index (χ2n) is 8.17. The van der Waals surface area contributed by atoms with E-state index in [9.17, 15) is 0 Å². The SMILES string of the molecule is CCC[Si]1(c2ccccc2)CCC(C2CCC(CBr)CC2)CC1. The molecule has 0 aromatic heterocycles. The van der Waals surface area contributed by atoms with Gasteiger partial charge in [-0.1, -0.05) is 95.8 Å². The Morgan fingerprint density at radius 1 is 0.913 bits per heavy atom. The zero-order valence-corrected chi connectivity index (χ0v) is 17.4. The lowest BCUT2D eigenvalue weighted by Gasteiger charge is -2.43. The minimum atomic E-state index is -1.19. The molecule has 1 aliphatic carbocycles. The van der Waals surface area contributed by atoms with Crippen molar-refractivity contribution in [2.24, 2.45) is 17.8 Å². The molecular formula is C21H33BrSi. The summed E-state index contributed by atoms with van der Waals surface area (Å²) in [5.41, 5.74) is 0. The Bertz CT molecular complexity index is 456. The molecule has 0 nitrogen and oxygen atoms in total. The molecule has 0 N–H and O–H groups in total. The number of halogens is 1. The molecule has 2 fully saturated rings. The first-order chi connectivity index (χ1) is 11.3. The van der Waals surface area contributed by atoms with Gasteiger partial charge in [0.05, 0.1) is 8.07 Å². The van der Waals surface area contributed by atoms with E-state index < -0.39 is 8.07 Å². The first-order valence-corrected chi connectivity index (χ1v) is 13.6. The zero-order valence-electron chi connectivity index (χ0n) is 14.8. The molecule has 0 bridgehead atoms. The molecule has 23 heavy (non-hydrogen) atoms. The number of hydrogen-bond acceptors (Lipinski definition) is 0. The van der Waals surface area contributed by atoms with Crippen molar-refractivity contribution in [3.05, 3.63) is 30.3 Å². The van der Waals surface area contributed by atoms with Crippen LogP contribution in [0, 0.1) is 17.8 Å². The summed E-state index contributed by atoms with van der Waals surface area (Å²) >= 11 is 3.69. The average Bonchev–Trinajstić information content (AvgIpc) is 2.63. The van der Waals surface area contributed by atoms with Crippen molar-refractivity contribution in [3.63, 3.8) is 0 Å². The lowest BCUT2D eigenvalue weighted by molar-refractivity contribution is 0.200. The molecule has 2 aliphatic rings. The molecule has 3 rings (SSSR count). The van der Waals surface area contributed by atoms with Crippen LogP contribution in [-0.2, 0) is 0 Å². The molecule has 0 amide bonds. The van der Waals surface area contributed by atoms with Crippen LogP contribution in [0.25, 0.3) is 0 Å². The van der Waals surface area contributed by atoms with Crippen LogP contribution in [0.4, 0.5) is 0 Å². The first-order valence-electron chi connectivity index (χ1n) is 9.89. The fourth-order valence-electron chi connectivity index (χ4n) is 5.43. The number of benzene rings is 1. The molecule has 0 radical (unpaired) electrons. The number of hydrogen-bond donors (Lipinski definition) is 0. The van der Waals surface area contributed by atoms with Gasteiger partial charge >= 0.3 is 0 Å². The fraction of sp³-hybridized carbons (Fsp3) is 0.714. The van der Waals surface area contributed by atoms with E-state index in [-0.39, 0.29) is 0 Å². The van der Waals surface area contributed by atoms with Crippen molar-refractivity contribution in [2.75, 3.05) is 5.33 Å². The van der Waals surface area contributed by atoms with Crippen LogP contribution in [0.2, 0.25) is 18.1 Å². The molecular weight excluding hydrogens is 360 g/mol. The van der Waals surface area contributed by atoms with Gasteiger partial charge in [-0.25, -0.2) is 0 Å². The van der Waals surface area contributed by atoms with Gasteiger partial charge in [0.15, 0.2) is 0 Å². The van der Waals surface area contributed by atoms with Crippen LogP contribution in [0.5, 0.6) is 0 Å². The maximum atomic E-state index is 3.69. The predicted molar refractivity (Wildman–Crippen MR) is 109 cm³/mol. The van der Waals surface area contributed by atoms with E-state index in [0.717, 1.165) is 17.8 Å². The third-order valence-electron chi connectivity index (χ3n) is 6.88. The summed E-state index contributed by atoms with van der Waals surface area (Å²) < 4.78 is 0. The molecule has 128 valence electrons. The number of alkyl halides is 1. The second-order valence-corrected chi connectivity index (χ2v) is 13.5. The summed E-state index contributed by atoms with van der Waals surface area (Å²) in [5.74, 6) is 3.06. The van der Waals surface area contributed by atoms with E-state index in [4.69, 9.17) is 0 Å². The van der Waals surface area contributed by atoms with Gasteiger partial charge in [-0.3, -0.25) is 0 Å². The highest BCUT2D eigenvalue weighted by Crippen LogP contribution is 2.44. The first kappa shape index (κ1) is 17.7. The lowest BCUT2D eigenvalue weighted by atomic mass is 9.74. The maximum Gasteiger partial charge on any atom is 0.0867 e. The molecule has 1 aromatic rings. The van der Waals surface area contributed by atoms with E-state index in [1.807, 2.05) is 0 Å². The average molecular weight is 393 g/mol. The van der Waals surface area contributed by atoms with Crippen LogP contribution in [-0.4, -0.2) is 13.4 Å². The van der Waals surface area contributed by atoms with E-state index in [0.29, 0.717) is 0 Å². The molecule has 2 heteroatoms. The van der Waals surface area contributed by atoms with Crippen LogP contribution in [0.15, 0.2) is 30.3 Å². The van der Waals surface area contributed by atoms with Gasteiger partial charge in [-0.2, -0.15) is 0 Å². The van der Waals surface area contributed by atoms with Crippen molar-refractivity contribution >= 4 is 29.2 Å². The molecule has 1 aromatic carbocycles. The quantitative estimate of drug-likeness (QED) is 0.403. The third-order valence-corrected chi connectivity index (χ3v) is 13.3. The highest BCUT2D eigenvalue weighted by Gasteiger charge is 2.40. The van der Waals surface area contributed by atoms with Gasteiger partial charge in [-0.15, -0.1) is 0 Å². The smallest absolute Gasteiger partial charge is 0.0867 e. The zero-order chi connectivity index (χ0) is 16.1. The number of rotatable bonds is 5. The van der Waals surface area contributed by atoms with Gasteiger partial charge in [0, 0.05) is 5.33 Å². The van der Waals surface area contributed by atoms with E-state index in [1.165, 1.54) is 56.3 Å². The van der Waals surface area contributed by atoms with Crippen molar-refractivity contribution in [2.45, 2.75) is 70.0 Å². The predicted octanol–water partition coefficient (Wildman–Crippen LogP) is 6.36. The Kier molecular flexibility index (Phi) is 6.43. The standard InChI is InChI=1S/C21H33BrSi/c1-2-14-23(21-6-4-3-5-7-21)15-12-20(13-16-23)19-10-8-18(17-22)9-11-19/h3-7,18-20H,2,8-17H2,1H3. The summed E-state index contributed by atoms with van der Waals surface area (Å²) in [6.07, 6.45) is 10.4. The summed E-state index contributed by atoms with van der Waals surface area (Å²) in [4.78, 5) is 0. The molecule has 1 saturated carbocycles. The molecule has 1 heterocycles.